The molecule has 2 aromatic carbocycles. The summed E-state index contributed by atoms with van der Waals surface area (Å²) >= 11 is 0. The zero-order valence-electron chi connectivity index (χ0n) is 17.4. The van der Waals surface area contributed by atoms with Gasteiger partial charge in [0.15, 0.2) is 0 Å². The zero-order chi connectivity index (χ0) is 23.1. The fraction of sp³-hybridized carbons (Fsp3) is 0.0870. The van der Waals surface area contributed by atoms with Gasteiger partial charge in [-0.1, -0.05) is 0 Å². The molecule has 0 spiro atoms. The summed E-state index contributed by atoms with van der Waals surface area (Å²) in [6.45, 7) is 3.44. The lowest BCUT2D eigenvalue weighted by Gasteiger charge is -2.05. The van der Waals surface area contributed by atoms with Crippen LogP contribution in [0.4, 0.5) is 0 Å². The lowest BCUT2D eigenvalue weighted by atomic mass is 10.1. The first-order chi connectivity index (χ1) is 15.3. The molecule has 9 heteroatoms. The van der Waals surface area contributed by atoms with E-state index in [1.165, 1.54) is 42.6 Å². The molecule has 0 bridgehead atoms. The van der Waals surface area contributed by atoms with E-state index in [0.29, 0.717) is 11.4 Å². The van der Waals surface area contributed by atoms with E-state index < -0.39 is 11.8 Å². The maximum absolute atomic E-state index is 12.3. The number of benzene rings is 2. The van der Waals surface area contributed by atoms with Gasteiger partial charge in [-0.3, -0.25) is 14.6 Å². The van der Waals surface area contributed by atoms with Crippen LogP contribution in [-0.2, 0) is 0 Å². The highest BCUT2D eigenvalue weighted by Gasteiger charge is 2.10. The van der Waals surface area contributed by atoms with Crippen molar-refractivity contribution in [1.82, 2.24) is 15.8 Å². The molecule has 0 radical (unpaired) electrons. The van der Waals surface area contributed by atoms with Gasteiger partial charge in [-0.15, -0.1) is 0 Å². The summed E-state index contributed by atoms with van der Waals surface area (Å²) in [6.07, 6.45) is 1.27. The number of nitrogens with zero attached hydrogens (tertiary/aromatic N) is 3. The van der Waals surface area contributed by atoms with Gasteiger partial charge in [-0.05, 0) is 85.6 Å². The molecule has 0 aliphatic heterocycles. The summed E-state index contributed by atoms with van der Waals surface area (Å²) in [6, 6.07) is 15.7. The second-order valence-corrected chi connectivity index (χ2v) is 6.80. The second-order valence-electron chi connectivity index (χ2n) is 6.80. The minimum absolute atomic E-state index is 0.0904. The van der Waals surface area contributed by atoms with Crippen molar-refractivity contribution < 1.29 is 19.8 Å². The van der Waals surface area contributed by atoms with Crippen molar-refractivity contribution in [2.24, 2.45) is 10.2 Å². The number of aromatic nitrogens is 1. The normalized spacial score (nSPS) is 11.7. The van der Waals surface area contributed by atoms with Crippen LogP contribution in [0.1, 0.15) is 45.8 Å². The van der Waals surface area contributed by atoms with Crippen LogP contribution >= 0.6 is 0 Å². The molecular formula is C23H21N5O4. The Morgan fingerprint density at radius 2 is 1.12 bits per heavy atom. The topological polar surface area (TPSA) is 136 Å². The maximum atomic E-state index is 12.3. The van der Waals surface area contributed by atoms with Gasteiger partial charge < -0.3 is 10.2 Å². The van der Waals surface area contributed by atoms with Crippen molar-refractivity contribution in [2.75, 3.05) is 0 Å². The van der Waals surface area contributed by atoms with Gasteiger partial charge >= 0.3 is 0 Å². The number of carbonyl (C=O) groups is 2. The molecule has 0 atom stereocenters. The van der Waals surface area contributed by atoms with Crippen molar-refractivity contribution in [3.8, 4) is 11.5 Å². The van der Waals surface area contributed by atoms with Gasteiger partial charge in [0, 0.05) is 6.20 Å². The lowest BCUT2D eigenvalue weighted by molar-refractivity contribution is 0.0939. The van der Waals surface area contributed by atoms with Crippen molar-refractivity contribution in [3.05, 3.63) is 89.2 Å². The summed E-state index contributed by atoms with van der Waals surface area (Å²) < 4.78 is 0. The summed E-state index contributed by atoms with van der Waals surface area (Å²) in [5.41, 5.74) is 7.76. The third kappa shape index (κ3) is 5.76. The monoisotopic (exact) mass is 431 g/mol. The number of phenolic OH excluding ortho intramolecular Hbond substituents is 2. The Labute approximate surface area is 184 Å². The molecule has 0 saturated carbocycles. The summed E-state index contributed by atoms with van der Waals surface area (Å²) in [5, 5.41) is 26.7. The molecule has 0 unspecified atom stereocenters. The average molecular weight is 431 g/mol. The molecule has 9 nitrogen and oxygen atoms in total. The Morgan fingerprint density at radius 3 is 1.56 bits per heavy atom. The predicted octanol–water partition coefficient (Wildman–Crippen LogP) is 2.80. The molecular weight excluding hydrogens is 410 g/mol. The highest BCUT2D eigenvalue weighted by Crippen LogP contribution is 2.11. The number of carbonyl (C=O) groups excluding carboxylic acids is 2. The summed E-state index contributed by atoms with van der Waals surface area (Å²) in [7, 11) is 0. The number of hydrazone groups is 2. The van der Waals surface area contributed by atoms with Crippen molar-refractivity contribution >= 4 is 23.2 Å². The smallest absolute Gasteiger partial charge is 0.289 e. The van der Waals surface area contributed by atoms with Crippen molar-refractivity contribution in [2.45, 2.75) is 13.8 Å². The molecule has 1 heterocycles. The van der Waals surface area contributed by atoms with Crippen molar-refractivity contribution in [3.63, 3.8) is 0 Å². The minimum Gasteiger partial charge on any atom is -0.508 e. The first kappa shape index (κ1) is 22.2. The van der Waals surface area contributed by atoms with Crippen LogP contribution in [0, 0.1) is 0 Å². The molecule has 0 aliphatic rings. The van der Waals surface area contributed by atoms with Gasteiger partial charge in [-0.2, -0.15) is 10.2 Å². The Balaban J connectivity index is 1.59. The van der Waals surface area contributed by atoms with Crippen LogP contribution < -0.4 is 10.9 Å². The first-order valence-electron chi connectivity index (χ1n) is 9.57. The lowest BCUT2D eigenvalue weighted by Crippen LogP contribution is -2.22. The second kappa shape index (κ2) is 9.98. The largest absolute Gasteiger partial charge is 0.508 e. The standard InChI is InChI=1S/C23H21N5O4/c1-14(16-3-8-19(29)9-4-16)25-27-22(31)18-7-12-21(24-13-18)23(32)28-26-15(2)17-5-10-20(30)11-6-17/h3-13,29-30H,1-2H3,(H,27,31)(H,28,32)/b25-14-,26-15-. The van der Waals surface area contributed by atoms with E-state index in [0.717, 1.165) is 11.1 Å². The number of rotatable bonds is 6. The SMILES string of the molecule is C/C(=N/NC(=O)c1ccc(C(=O)N/N=C(/C)c2ccc(O)cc2)nc1)c1ccc(O)cc1. The third-order valence-corrected chi connectivity index (χ3v) is 4.48. The van der Waals surface area contributed by atoms with E-state index in [2.05, 4.69) is 26.0 Å². The Bertz CT molecular complexity index is 1070. The van der Waals surface area contributed by atoms with Gasteiger partial charge in [-0.25, -0.2) is 10.9 Å². The molecule has 3 rings (SSSR count). The molecule has 1 aromatic heterocycles. The fourth-order valence-electron chi connectivity index (χ4n) is 2.59. The van der Waals surface area contributed by atoms with Crippen molar-refractivity contribution in [1.29, 1.82) is 0 Å². The van der Waals surface area contributed by atoms with Crippen LogP contribution in [0.3, 0.4) is 0 Å². The van der Waals surface area contributed by atoms with Crippen LogP contribution in [0.15, 0.2) is 77.1 Å². The zero-order valence-corrected chi connectivity index (χ0v) is 17.4. The number of pyridine rings is 1. The molecule has 0 saturated heterocycles. The van der Waals surface area contributed by atoms with E-state index in [4.69, 9.17) is 0 Å². The van der Waals surface area contributed by atoms with Gasteiger partial charge in [0.25, 0.3) is 11.8 Å². The van der Waals surface area contributed by atoms with Gasteiger partial charge in [0.1, 0.15) is 17.2 Å². The number of amides is 2. The first-order valence-corrected chi connectivity index (χ1v) is 9.57. The van der Waals surface area contributed by atoms with Gasteiger partial charge in [0.05, 0.1) is 17.0 Å². The molecule has 3 aromatic rings. The number of aromatic hydroxyl groups is 2. The van der Waals surface area contributed by atoms with E-state index in [1.54, 1.807) is 38.1 Å². The number of nitrogens with one attached hydrogen (secondary N) is 2. The fourth-order valence-corrected chi connectivity index (χ4v) is 2.59. The van der Waals surface area contributed by atoms with E-state index in [1.807, 2.05) is 0 Å². The van der Waals surface area contributed by atoms with Gasteiger partial charge in [0.2, 0.25) is 0 Å². The van der Waals surface area contributed by atoms with Crippen LogP contribution in [0.2, 0.25) is 0 Å². The van der Waals surface area contributed by atoms with E-state index in [-0.39, 0.29) is 22.8 Å². The Morgan fingerprint density at radius 1 is 0.688 bits per heavy atom. The summed E-state index contributed by atoms with van der Waals surface area (Å²) in [4.78, 5) is 28.5. The van der Waals surface area contributed by atoms with E-state index in [9.17, 15) is 19.8 Å². The van der Waals surface area contributed by atoms with E-state index >= 15 is 0 Å². The minimum atomic E-state index is -0.531. The highest BCUT2D eigenvalue weighted by molar-refractivity contribution is 6.02. The molecule has 0 aliphatic carbocycles. The number of phenols is 2. The molecule has 32 heavy (non-hydrogen) atoms. The molecule has 0 fully saturated rings. The van der Waals surface area contributed by atoms with Crippen LogP contribution in [0.25, 0.3) is 0 Å². The maximum Gasteiger partial charge on any atom is 0.289 e. The quantitative estimate of drug-likeness (QED) is 0.351. The summed E-state index contributed by atoms with van der Waals surface area (Å²) in [5.74, 6) is -0.734. The van der Waals surface area contributed by atoms with Crippen LogP contribution in [-0.4, -0.2) is 38.4 Å². The number of hydrogen-bond donors (Lipinski definition) is 4. The molecule has 162 valence electrons. The highest BCUT2D eigenvalue weighted by atomic mass is 16.3. The van der Waals surface area contributed by atoms with Crippen LogP contribution in [0.5, 0.6) is 11.5 Å². The average Bonchev–Trinajstić information content (AvgIpc) is 2.81. The Hall–Kier alpha value is -4.53. The third-order valence-electron chi connectivity index (χ3n) is 4.48. The molecule has 4 N–H and O–H groups in total. The Kier molecular flexibility index (Phi) is 6.92. The predicted molar refractivity (Wildman–Crippen MR) is 120 cm³/mol. The molecule has 2 amide bonds. The number of hydrogen-bond acceptors (Lipinski definition) is 7.